The predicted octanol–water partition coefficient (Wildman–Crippen LogP) is 4.83. The number of anilines is 1. The third-order valence-electron chi connectivity index (χ3n) is 3.30. The summed E-state index contributed by atoms with van der Waals surface area (Å²) in [6.45, 7) is 0.254. The highest BCUT2D eigenvalue weighted by molar-refractivity contribution is 9.10. The molecular weight excluding hydrogens is 456 g/mol. The first kappa shape index (κ1) is 19.3. The van der Waals surface area contributed by atoms with E-state index in [-0.39, 0.29) is 12.6 Å². The number of carbonyl (C=O) groups excluding carboxylic acids is 1. The Morgan fingerprint density at radius 2 is 2.08 bits per heavy atom. The number of benzene rings is 1. The van der Waals surface area contributed by atoms with Crippen molar-refractivity contribution in [3.63, 3.8) is 0 Å². The van der Waals surface area contributed by atoms with Crippen molar-refractivity contribution in [3.8, 4) is 5.75 Å². The molecule has 26 heavy (non-hydrogen) atoms. The molecule has 0 saturated heterocycles. The molecule has 1 amide bonds. The van der Waals surface area contributed by atoms with E-state index in [0.717, 1.165) is 19.5 Å². The van der Waals surface area contributed by atoms with Crippen molar-refractivity contribution < 1.29 is 9.53 Å². The minimum absolute atomic E-state index is 0.180. The average molecular weight is 471 g/mol. The molecule has 0 atom stereocenters. The van der Waals surface area contributed by atoms with Gasteiger partial charge in [0.1, 0.15) is 10.8 Å². The third-order valence-corrected chi connectivity index (χ3v) is 6.57. The summed E-state index contributed by atoms with van der Waals surface area (Å²) in [5, 5.41) is 7.83. The van der Waals surface area contributed by atoms with E-state index in [4.69, 9.17) is 4.74 Å². The molecule has 0 spiro atoms. The predicted molar refractivity (Wildman–Crippen MR) is 111 cm³/mol. The van der Waals surface area contributed by atoms with E-state index < -0.39 is 0 Å². The van der Waals surface area contributed by atoms with E-state index in [1.165, 1.54) is 35.1 Å². The van der Waals surface area contributed by atoms with Gasteiger partial charge in [-0.2, -0.15) is 9.47 Å². The summed E-state index contributed by atoms with van der Waals surface area (Å²) in [6, 6.07) is 7.55. The van der Waals surface area contributed by atoms with Gasteiger partial charge in [0.2, 0.25) is 0 Å². The van der Waals surface area contributed by atoms with Crippen LogP contribution in [0.4, 0.5) is 5.69 Å². The quantitative estimate of drug-likeness (QED) is 0.498. The Labute approximate surface area is 172 Å². The number of hydrogen-bond acceptors (Lipinski definition) is 7. The fraction of sp³-hybridized carbons (Fsp3) is 0.188. The van der Waals surface area contributed by atoms with Crippen LogP contribution in [0.15, 0.2) is 50.4 Å². The SMILES string of the molecule is CSc1nsc(SC)c1C(=O)Nc1cnn(COc2ccc(Br)cc2)c1. The third kappa shape index (κ3) is 4.61. The highest BCUT2D eigenvalue weighted by Gasteiger charge is 2.20. The van der Waals surface area contributed by atoms with Gasteiger partial charge in [0.25, 0.3) is 5.91 Å². The van der Waals surface area contributed by atoms with Crippen molar-refractivity contribution in [3.05, 3.63) is 46.7 Å². The fourth-order valence-electron chi connectivity index (χ4n) is 2.09. The van der Waals surface area contributed by atoms with Crippen LogP contribution in [-0.4, -0.2) is 32.6 Å². The second-order valence-electron chi connectivity index (χ2n) is 5.01. The molecule has 0 aliphatic carbocycles. The maximum absolute atomic E-state index is 12.6. The van der Waals surface area contributed by atoms with Crippen molar-refractivity contribution in [2.75, 3.05) is 17.8 Å². The van der Waals surface area contributed by atoms with Crippen LogP contribution in [0, 0.1) is 0 Å². The summed E-state index contributed by atoms with van der Waals surface area (Å²) in [5.41, 5.74) is 1.23. The Bertz CT molecular complexity index is 874. The zero-order valence-electron chi connectivity index (χ0n) is 13.9. The van der Waals surface area contributed by atoms with Crippen molar-refractivity contribution in [1.82, 2.24) is 14.2 Å². The molecular formula is C16H15BrN4O2S3. The van der Waals surface area contributed by atoms with Gasteiger partial charge in [0.05, 0.1) is 27.9 Å². The van der Waals surface area contributed by atoms with Crippen LogP contribution < -0.4 is 10.1 Å². The Morgan fingerprint density at radius 1 is 1.31 bits per heavy atom. The van der Waals surface area contributed by atoms with E-state index in [1.54, 1.807) is 17.1 Å². The molecule has 136 valence electrons. The lowest BCUT2D eigenvalue weighted by atomic mass is 10.3. The molecule has 6 nitrogen and oxygen atoms in total. The van der Waals surface area contributed by atoms with Gasteiger partial charge in [-0.05, 0) is 48.3 Å². The summed E-state index contributed by atoms with van der Waals surface area (Å²) in [4.78, 5) is 12.6. The van der Waals surface area contributed by atoms with Crippen molar-refractivity contribution >= 4 is 62.6 Å². The van der Waals surface area contributed by atoms with Gasteiger partial charge in [-0.1, -0.05) is 15.9 Å². The monoisotopic (exact) mass is 470 g/mol. The number of aromatic nitrogens is 3. The van der Waals surface area contributed by atoms with E-state index in [2.05, 4.69) is 30.7 Å². The molecule has 0 saturated carbocycles. The first-order valence-corrected chi connectivity index (χ1v) is 11.4. The molecule has 0 bridgehead atoms. The van der Waals surface area contributed by atoms with Gasteiger partial charge in [-0.15, -0.1) is 23.5 Å². The zero-order valence-corrected chi connectivity index (χ0v) is 18.0. The Balaban J connectivity index is 1.64. The number of halogens is 1. The number of ether oxygens (including phenoxy) is 1. The zero-order chi connectivity index (χ0) is 18.5. The minimum Gasteiger partial charge on any atom is -0.471 e. The van der Waals surface area contributed by atoms with E-state index in [9.17, 15) is 4.79 Å². The smallest absolute Gasteiger partial charge is 0.260 e. The normalized spacial score (nSPS) is 10.7. The number of nitrogens with zero attached hydrogens (tertiary/aromatic N) is 3. The average Bonchev–Trinajstić information content (AvgIpc) is 3.27. The molecule has 0 aliphatic rings. The van der Waals surface area contributed by atoms with Crippen LogP contribution in [0.5, 0.6) is 5.75 Å². The molecule has 3 rings (SSSR count). The fourth-order valence-corrected chi connectivity index (χ4v) is 4.64. The molecule has 2 aromatic heterocycles. The van der Waals surface area contributed by atoms with Crippen LogP contribution >= 0.6 is 51.0 Å². The van der Waals surface area contributed by atoms with E-state index in [1.807, 2.05) is 36.8 Å². The summed E-state index contributed by atoms with van der Waals surface area (Å²) in [6.07, 6.45) is 7.17. The number of amides is 1. The van der Waals surface area contributed by atoms with Gasteiger partial charge in [0, 0.05) is 4.47 Å². The lowest BCUT2D eigenvalue weighted by Gasteiger charge is -2.06. The number of carbonyl (C=O) groups is 1. The maximum atomic E-state index is 12.6. The Morgan fingerprint density at radius 3 is 2.77 bits per heavy atom. The highest BCUT2D eigenvalue weighted by atomic mass is 79.9. The Kier molecular flexibility index (Phi) is 6.63. The van der Waals surface area contributed by atoms with Gasteiger partial charge in [-0.3, -0.25) is 4.79 Å². The molecule has 1 N–H and O–H groups in total. The van der Waals surface area contributed by atoms with Gasteiger partial charge in [0.15, 0.2) is 6.73 Å². The largest absolute Gasteiger partial charge is 0.471 e. The van der Waals surface area contributed by atoms with Crippen LogP contribution in [0.25, 0.3) is 0 Å². The maximum Gasteiger partial charge on any atom is 0.260 e. The lowest BCUT2D eigenvalue weighted by molar-refractivity contribution is 0.102. The molecule has 0 unspecified atom stereocenters. The molecule has 0 radical (unpaired) electrons. The topological polar surface area (TPSA) is 69.0 Å². The van der Waals surface area contributed by atoms with Gasteiger partial charge < -0.3 is 10.1 Å². The van der Waals surface area contributed by atoms with E-state index >= 15 is 0 Å². The van der Waals surface area contributed by atoms with Crippen molar-refractivity contribution in [1.29, 1.82) is 0 Å². The summed E-state index contributed by atoms with van der Waals surface area (Å²) in [5.74, 6) is 0.564. The van der Waals surface area contributed by atoms with Crippen LogP contribution in [-0.2, 0) is 6.73 Å². The van der Waals surface area contributed by atoms with Crippen molar-refractivity contribution in [2.45, 2.75) is 16.0 Å². The first-order chi connectivity index (χ1) is 12.6. The number of thioether (sulfide) groups is 2. The second-order valence-corrected chi connectivity index (χ2v) is 8.57. The second kappa shape index (κ2) is 8.94. The van der Waals surface area contributed by atoms with Crippen LogP contribution in [0.3, 0.4) is 0 Å². The summed E-state index contributed by atoms with van der Waals surface area (Å²) in [7, 11) is 0. The number of rotatable bonds is 7. The standard InChI is InChI=1S/C16H15BrN4O2S3/c1-24-15-13(16(25-2)26-20-15)14(22)19-11-7-18-21(8-11)9-23-12-5-3-10(17)4-6-12/h3-8H,9H2,1-2H3,(H,19,22). The lowest BCUT2D eigenvalue weighted by Crippen LogP contribution is -2.12. The van der Waals surface area contributed by atoms with Gasteiger partial charge >= 0.3 is 0 Å². The molecule has 10 heteroatoms. The molecule has 0 fully saturated rings. The summed E-state index contributed by atoms with van der Waals surface area (Å²) >= 11 is 7.71. The molecule has 0 aliphatic heterocycles. The molecule has 3 aromatic rings. The molecule has 1 aromatic carbocycles. The Hall–Kier alpha value is -1.49. The minimum atomic E-state index is -0.180. The number of nitrogens with one attached hydrogen (secondary N) is 1. The molecule has 2 heterocycles. The summed E-state index contributed by atoms with van der Waals surface area (Å²) < 4.78 is 13.5. The first-order valence-electron chi connectivity index (χ1n) is 7.40. The van der Waals surface area contributed by atoms with Crippen molar-refractivity contribution in [2.24, 2.45) is 0 Å². The van der Waals surface area contributed by atoms with Crippen LogP contribution in [0.2, 0.25) is 0 Å². The highest BCUT2D eigenvalue weighted by Crippen LogP contribution is 2.33. The number of hydrogen-bond donors (Lipinski definition) is 1. The van der Waals surface area contributed by atoms with Gasteiger partial charge in [-0.25, -0.2) is 4.68 Å². The van der Waals surface area contributed by atoms with Crippen LogP contribution in [0.1, 0.15) is 10.4 Å². The van der Waals surface area contributed by atoms with E-state index in [0.29, 0.717) is 11.3 Å².